The molecular formula is C10H14N4O. The number of H-pyrrole nitrogens is 1. The molecule has 0 aliphatic heterocycles. The first-order valence-corrected chi connectivity index (χ1v) is 4.85. The van der Waals surface area contributed by atoms with Crippen molar-refractivity contribution in [3.05, 3.63) is 23.7 Å². The minimum atomic E-state index is -0.633. The molecule has 0 aromatic carbocycles. The largest absolute Gasteiger partial charge is 0.391 e. The molecule has 2 unspecified atom stereocenters. The van der Waals surface area contributed by atoms with Crippen LogP contribution in [0.2, 0.25) is 0 Å². The van der Waals surface area contributed by atoms with Crippen molar-refractivity contribution in [2.24, 2.45) is 5.73 Å². The summed E-state index contributed by atoms with van der Waals surface area (Å²) in [4.78, 5) is 11.5. The first-order valence-electron chi connectivity index (χ1n) is 4.85. The summed E-state index contributed by atoms with van der Waals surface area (Å²) in [7, 11) is 0. The highest BCUT2D eigenvalue weighted by atomic mass is 16.3. The number of hydrogen-bond donors (Lipinski definition) is 3. The van der Waals surface area contributed by atoms with Crippen molar-refractivity contribution in [1.82, 2.24) is 15.0 Å². The van der Waals surface area contributed by atoms with Gasteiger partial charge in [-0.3, -0.25) is 0 Å². The minimum absolute atomic E-state index is 0.500. The maximum absolute atomic E-state index is 9.35. The molecule has 0 saturated heterocycles. The van der Waals surface area contributed by atoms with E-state index in [1.54, 1.807) is 6.92 Å². The van der Waals surface area contributed by atoms with Crippen LogP contribution in [0.1, 0.15) is 24.5 Å². The Morgan fingerprint density at radius 2 is 2.13 bits per heavy atom. The number of rotatable bonds is 2. The topological polar surface area (TPSA) is 87.8 Å². The number of aliphatic hydroxyl groups excluding tert-OH is 1. The molecule has 0 amide bonds. The van der Waals surface area contributed by atoms with E-state index in [2.05, 4.69) is 15.0 Å². The van der Waals surface area contributed by atoms with Crippen LogP contribution in [0, 0.1) is 6.92 Å². The van der Waals surface area contributed by atoms with Gasteiger partial charge in [-0.1, -0.05) is 0 Å². The molecular weight excluding hydrogens is 192 g/mol. The van der Waals surface area contributed by atoms with E-state index in [1.807, 2.05) is 19.1 Å². The van der Waals surface area contributed by atoms with Crippen molar-refractivity contribution in [2.45, 2.75) is 26.0 Å². The third kappa shape index (κ3) is 1.84. The van der Waals surface area contributed by atoms with Crippen LogP contribution >= 0.6 is 0 Å². The Bertz CT molecular complexity index is 477. The van der Waals surface area contributed by atoms with Crippen LogP contribution in [0.4, 0.5) is 0 Å². The summed E-state index contributed by atoms with van der Waals surface area (Å²) in [6.45, 7) is 3.54. The van der Waals surface area contributed by atoms with Crippen LogP contribution in [-0.4, -0.2) is 26.2 Å². The summed E-state index contributed by atoms with van der Waals surface area (Å²) >= 11 is 0. The fourth-order valence-corrected chi connectivity index (χ4v) is 1.39. The van der Waals surface area contributed by atoms with Gasteiger partial charge in [-0.05, 0) is 26.0 Å². The van der Waals surface area contributed by atoms with Crippen LogP contribution in [0.5, 0.6) is 0 Å². The standard InChI is InChI=1S/C10H14N4O/c1-5-3-4-7-9(12-5)14-10(13-7)8(11)6(2)15/h3-4,6,8,15H,11H2,1-2H3,(H,12,13,14). The van der Waals surface area contributed by atoms with Gasteiger partial charge < -0.3 is 15.8 Å². The van der Waals surface area contributed by atoms with E-state index < -0.39 is 12.1 Å². The van der Waals surface area contributed by atoms with Crippen molar-refractivity contribution in [3.8, 4) is 0 Å². The highest BCUT2D eigenvalue weighted by Gasteiger charge is 2.16. The highest BCUT2D eigenvalue weighted by Crippen LogP contribution is 2.15. The number of hydrogen-bond acceptors (Lipinski definition) is 4. The van der Waals surface area contributed by atoms with Crippen LogP contribution in [0.3, 0.4) is 0 Å². The van der Waals surface area contributed by atoms with Crippen LogP contribution in [-0.2, 0) is 0 Å². The van der Waals surface area contributed by atoms with E-state index in [0.717, 1.165) is 11.2 Å². The Kier molecular flexibility index (Phi) is 2.42. The van der Waals surface area contributed by atoms with E-state index in [1.165, 1.54) is 0 Å². The van der Waals surface area contributed by atoms with Crippen molar-refractivity contribution in [2.75, 3.05) is 0 Å². The van der Waals surface area contributed by atoms with E-state index in [0.29, 0.717) is 11.5 Å². The van der Waals surface area contributed by atoms with Gasteiger partial charge in [0, 0.05) is 5.69 Å². The van der Waals surface area contributed by atoms with Gasteiger partial charge in [0.2, 0.25) is 0 Å². The average Bonchev–Trinajstić information content (AvgIpc) is 2.58. The first-order chi connectivity index (χ1) is 7.08. The Balaban J connectivity index is 2.47. The maximum atomic E-state index is 9.35. The Morgan fingerprint density at radius 3 is 2.80 bits per heavy atom. The molecule has 2 aromatic heterocycles. The zero-order valence-corrected chi connectivity index (χ0v) is 8.73. The molecule has 15 heavy (non-hydrogen) atoms. The number of fused-ring (bicyclic) bond motifs is 1. The predicted molar refractivity (Wildman–Crippen MR) is 57.2 cm³/mol. The normalized spacial score (nSPS) is 15.5. The molecule has 0 fully saturated rings. The van der Waals surface area contributed by atoms with Gasteiger partial charge >= 0.3 is 0 Å². The van der Waals surface area contributed by atoms with E-state index >= 15 is 0 Å². The summed E-state index contributed by atoms with van der Waals surface area (Å²) < 4.78 is 0. The van der Waals surface area contributed by atoms with Crippen molar-refractivity contribution >= 4 is 11.2 Å². The summed E-state index contributed by atoms with van der Waals surface area (Å²) in [5.41, 5.74) is 8.16. The molecule has 80 valence electrons. The molecule has 4 N–H and O–H groups in total. The van der Waals surface area contributed by atoms with Gasteiger partial charge in [-0.2, -0.15) is 0 Å². The third-order valence-electron chi connectivity index (χ3n) is 2.34. The lowest BCUT2D eigenvalue weighted by Gasteiger charge is -2.10. The number of pyridine rings is 1. The molecule has 2 heterocycles. The SMILES string of the molecule is Cc1ccc2[nH]c(C(N)C(C)O)nc2n1. The average molecular weight is 206 g/mol. The number of aromatic amines is 1. The van der Waals surface area contributed by atoms with Crippen LogP contribution in [0.25, 0.3) is 11.2 Å². The van der Waals surface area contributed by atoms with Gasteiger partial charge in [0.05, 0.1) is 17.7 Å². The zero-order chi connectivity index (χ0) is 11.0. The van der Waals surface area contributed by atoms with Crippen molar-refractivity contribution in [3.63, 3.8) is 0 Å². The smallest absolute Gasteiger partial charge is 0.178 e. The number of nitrogens with one attached hydrogen (secondary N) is 1. The number of aromatic nitrogens is 3. The van der Waals surface area contributed by atoms with Crippen LogP contribution < -0.4 is 5.73 Å². The summed E-state index contributed by atoms with van der Waals surface area (Å²) in [5.74, 6) is 0.568. The van der Waals surface area contributed by atoms with Gasteiger partial charge in [0.1, 0.15) is 5.82 Å². The van der Waals surface area contributed by atoms with Gasteiger partial charge in [0.25, 0.3) is 0 Å². The predicted octanol–water partition coefficient (Wildman–Crippen LogP) is 0.647. The lowest BCUT2D eigenvalue weighted by atomic mass is 10.2. The first kappa shape index (κ1) is 10.1. The van der Waals surface area contributed by atoms with Crippen molar-refractivity contribution in [1.29, 1.82) is 0 Å². The Hall–Kier alpha value is -1.46. The third-order valence-corrected chi connectivity index (χ3v) is 2.34. The van der Waals surface area contributed by atoms with Gasteiger partial charge in [-0.25, -0.2) is 9.97 Å². The lowest BCUT2D eigenvalue weighted by molar-refractivity contribution is 0.161. The fourth-order valence-electron chi connectivity index (χ4n) is 1.39. The molecule has 2 atom stereocenters. The zero-order valence-electron chi connectivity index (χ0n) is 8.73. The summed E-state index contributed by atoms with van der Waals surface area (Å²) in [5, 5.41) is 9.35. The Morgan fingerprint density at radius 1 is 1.40 bits per heavy atom. The second-order valence-corrected chi connectivity index (χ2v) is 3.71. The number of aryl methyl sites for hydroxylation is 1. The van der Waals surface area contributed by atoms with Crippen molar-refractivity contribution < 1.29 is 5.11 Å². The highest BCUT2D eigenvalue weighted by molar-refractivity contribution is 5.70. The molecule has 5 heteroatoms. The van der Waals surface area contributed by atoms with Crippen LogP contribution in [0.15, 0.2) is 12.1 Å². The molecule has 0 radical (unpaired) electrons. The second kappa shape index (κ2) is 3.60. The number of imidazole rings is 1. The molecule has 5 nitrogen and oxygen atoms in total. The molecule has 2 aromatic rings. The second-order valence-electron chi connectivity index (χ2n) is 3.71. The number of aliphatic hydroxyl groups is 1. The molecule has 0 spiro atoms. The molecule has 0 aliphatic rings. The van der Waals surface area contributed by atoms with E-state index in [4.69, 9.17) is 5.73 Å². The summed E-state index contributed by atoms with van der Waals surface area (Å²) in [6.07, 6.45) is -0.633. The lowest BCUT2D eigenvalue weighted by Crippen LogP contribution is -2.24. The fraction of sp³-hybridized carbons (Fsp3) is 0.400. The minimum Gasteiger partial charge on any atom is -0.391 e. The molecule has 2 rings (SSSR count). The molecule has 0 bridgehead atoms. The maximum Gasteiger partial charge on any atom is 0.178 e. The Labute approximate surface area is 87.4 Å². The van der Waals surface area contributed by atoms with Gasteiger partial charge in [0.15, 0.2) is 5.65 Å². The molecule has 0 aliphatic carbocycles. The van der Waals surface area contributed by atoms with E-state index in [-0.39, 0.29) is 0 Å². The quantitative estimate of drug-likeness (QED) is 0.673. The molecule has 0 saturated carbocycles. The van der Waals surface area contributed by atoms with Gasteiger partial charge in [-0.15, -0.1) is 0 Å². The summed E-state index contributed by atoms with van der Waals surface area (Å²) in [6, 6.07) is 3.31. The number of nitrogens with two attached hydrogens (primary N) is 1. The van der Waals surface area contributed by atoms with E-state index in [9.17, 15) is 5.11 Å². The number of nitrogens with zero attached hydrogens (tertiary/aromatic N) is 2. The monoisotopic (exact) mass is 206 g/mol.